The lowest BCUT2D eigenvalue weighted by Gasteiger charge is -2.00. The van der Waals surface area contributed by atoms with Crippen molar-refractivity contribution in [3.63, 3.8) is 0 Å². The number of hydrogen-bond acceptors (Lipinski definition) is 1. The molecule has 0 aromatic rings. The quantitative estimate of drug-likeness (QED) is 0.497. The van der Waals surface area contributed by atoms with Gasteiger partial charge >= 0.3 is 0 Å². The molecule has 0 amide bonds. The highest BCUT2D eigenvalue weighted by atomic mass is 16.1. The molecule has 2 aliphatic rings. The Labute approximate surface area is 61.1 Å². The Hall–Kier alpha value is -0.590. The number of fused-ring (bicyclic) bond motifs is 1. The summed E-state index contributed by atoms with van der Waals surface area (Å²) in [6.07, 6.45) is 1.11. The lowest BCUT2D eigenvalue weighted by molar-refractivity contribution is -0.119. The van der Waals surface area contributed by atoms with E-state index in [0.717, 1.165) is 12.0 Å². The van der Waals surface area contributed by atoms with Crippen molar-refractivity contribution < 1.29 is 4.79 Å². The van der Waals surface area contributed by atoms with E-state index in [9.17, 15) is 4.79 Å². The second-order valence-electron chi connectivity index (χ2n) is 3.81. The largest absolute Gasteiger partial charge is 0.294 e. The van der Waals surface area contributed by atoms with Gasteiger partial charge in [-0.1, -0.05) is 12.5 Å². The third kappa shape index (κ3) is 0.437. The van der Waals surface area contributed by atoms with Crippen LogP contribution in [0.2, 0.25) is 0 Å². The number of carbonyl (C=O) groups excluding carboxylic acids is 1. The molecule has 0 aliphatic heterocycles. The van der Waals surface area contributed by atoms with Crippen LogP contribution >= 0.6 is 0 Å². The van der Waals surface area contributed by atoms with Gasteiger partial charge in [0.2, 0.25) is 0 Å². The van der Waals surface area contributed by atoms with Crippen LogP contribution in [0.25, 0.3) is 0 Å². The van der Waals surface area contributed by atoms with Crippen LogP contribution in [-0.2, 0) is 4.79 Å². The minimum Gasteiger partial charge on any atom is -0.294 e. The van der Waals surface area contributed by atoms with Crippen molar-refractivity contribution >= 4 is 5.78 Å². The van der Waals surface area contributed by atoms with Gasteiger partial charge in [0.15, 0.2) is 5.78 Å². The molecule has 2 aliphatic carbocycles. The molecule has 1 saturated carbocycles. The third-order valence-electron chi connectivity index (χ3n) is 3.21. The summed E-state index contributed by atoms with van der Waals surface area (Å²) in [4.78, 5) is 11.4. The molecule has 2 unspecified atom stereocenters. The van der Waals surface area contributed by atoms with Gasteiger partial charge in [0.05, 0.1) is 0 Å². The maximum atomic E-state index is 11.4. The van der Waals surface area contributed by atoms with E-state index in [0.29, 0.717) is 11.7 Å². The average Bonchev–Trinajstić information content (AvgIpc) is 2.54. The molecule has 0 heterocycles. The van der Waals surface area contributed by atoms with Gasteiger partial charge in [-0.05, 0) is 31.8 Å². The maximum absolute atomic E-state index is 11.4. The highest BCUT2D eigenvalue weighted by molar-refractivity contribution is 6.05. The fourth-order valence-corrected chi connectivity index (χ4v) is 2.12. The zero-order valence-electron chi connectivity index (χ0n) is 6.69. The Morgan fingerprint density at radius 2 is 2.10 bits per heavy atom. The molecule has 54 valence electrons. The van der Waals surface area contributed by atoms with Crippen molar-refractivity contribution in [2.75, 3.05) is 0 Å². The molecule has 0 bridgehead atoms. The van der Waals surface area contributed by atoms with Gasteiger partial charge in [-0.15, -0.1) is 0 Å². The van der Waals surface area contributed by atoms with Crippen LogP contribution < -0.4 is 0 Å². The second kappa shape index (κ2) is 1.36. The molecule has 0 saturated heterocycles. The fourth-order valence-electron chi connectivity index (χ4n) is 2.12. The van der Waals surface area contributed by atoms with E-state index in [2.05, 4.69) is 13.8 Å². The van der Waals surface area contributed by atoms with Crippen LogP contribution in [0, 0.1) is 11.3 Å². The molecule has 1 nitrogen and oxygen atoms in total. The second-order valence-corrected chi connectivity index (χ2v) is 3.81. The van der Waals surface area contributed by atoms with Gasteiger partial charge in [0.1, 0.15) is 0 Å². The number of carbonyl (C=O) groups is 1. The number of Topliss-reactive ketones (excluding diaryl/α,β-unsaturated/α-hetero) is 1. The Balaban J connectivity index is 2.48. The molecular weight excluding hydrogens is 124 g/mol. The zero-order chi connectivity index (χ0) is 7.52. The van der Waals surface area contributed by atoms with Gasteiger partial charge in [-0.3, -0.25) is 4.79 Å². The highest BCUT2D eigenvalue weighted by Crippen LogP contribution is 2.62. The molecule has 1 fully saturated rings. The smallest absolute Gasteiger partial charge is 0.165 e. The summed E-state index contributed by atoms with van der Waals surface area (Å²) >= 11 is 0. The lowest BCUT2D eigenvalue weighted by atomic mass is 10.0. The van der Waals surface area contributed by atoms with Crippen molar-refractivity contribution in [2.24, 2.45) is 11.3 Å². The monoisotopic (exact) mass is 136 g/mol. The van der Waals surface area contributed by atoms with Gasteiger partial charge in [0, 0.05) is 5.41 Å². The lowest BCUT2D eigenvalue weighted by Crippen LogP contribution is -2.09. The van der Waals surface area contributed by atoms with E-state index in [1.54, 1.807) is 0 Å². The van der Waals surface area contributed by atoms with Crippen LogP contribution in [0.3, 0.4) is 0 Å². The Bertz CT molecular complexity index is 249. The predicted molar refractivity (Wildman–Crippen MR) is 39.6 cm³/mol. The van der Waals surface area contributed by atoms with Crippen LogP contribution in [0.4, 0.5) is 0 Å². The first-order valence-electron chi connectivity index (χ1n) is 3.79. The van der Waals surface area contributed by atoms with E-state index >= 15 is 0 Å². The van der Waals surface area contributed by atoms with E-state index in [4.69, 9.17) is 0 Å². The first kappa shape index (κ1) is 6.14. The topological polar surface area (TPSA) is 17.1 Å². The highest BCUT2D eigenvalue weighted by Gasteiger charge is 2.61. The molecule has 0 spiro atoms. The molecule has 0 N–H and O–H groups in total. The number of hydrogen-bond donors (Lipinski definition) is 0. The first-order valence-corrected chi connectivity index (χ1v) is 3.79. The first-order chi connectivity index (χ1) is 4.57. The van der Waals surface area contributed by atoms with E-state index < -0.39 is 0 Å². The van der Waals surface area contributed by atoms with Gasteiger partial charge in [0.25, 0.3) is 0 Å². The minimum absolute atomic E-state index is 0.0498. The molecule has 2 atom stereocenters. The van der Waals surface area contributed by atoms with Crippen molar-refractivity contribution in [3.05, 3.63) is 11.1 Å². The summed E-state index contributed by atoms with van der Waals surface area (Å²) < 4.78 is 0. The van der Waals surface area contributed by atoms with Crippen LogP contribution in [0.15, 0.2) is 11.1 Å². The fraction of sp³-hybridized carbons (Fsp3) is 0.667. The van der Waals surface area contributed by atoms with E-state index in [1.165, 1.54) is 5.57 Å². The molecule has 0 aromatic heterocycles. The van der Waals surface area contributed by atoms with E-state index in [1.807, 2.05) is 6.92 Å². The number of allylic oxidation sites excluding steroid dienone is 2. The maximum Gasteiger partial charge on any atom is 0.165 e. The normalized spacial score (nSPS) is 44.3. The van der Waals surface area contributed by atoms with Crippen molar-refractivity contribution in [1.82, 2.24) is 0 Å². The summed E-state index contributed by atoms with van der Waals surface area (Å²) in [5.74, 6) is 1.01. The number of rotatable bonds is 0. The standard InChI is InChI=1S/C9H12O/c1-5-6(2)8(10)9(3)4-7(5)9/h7H,4H2,1-3H3. The van der Waals surface area contributed by atoms with Gasteiger partial charge in [-0.25, -0.2) is 0 Å². The van der Waals surface area contributed by atoms with E-state index in [-0.39, 0.29) is 5.41 Å². The third-order valence-corrected chi connectivity index (χ3v) is 3.21. The van der Waals surface area contributed by atoms with Crippen LogP contribution in [0.1, 0.15) is 27.2 Å². The van der Waals surface area contributed by atoms with Crippen LogP contribution in [-0.4, -0.2) is 5.78 Å². The minimum atomic E-state index is 0.0498. The summed E-state index contributed by atoms with van der Waals surface area (Å²) in [6.45, 7) is 6.13. The SMILES string of the molecule is CC1=C(C)C2CC2(C)C1=O. The van der Waals surface area contributed by atoms with Crippen molar-refractivity contribution in [2.45, 2.75) is 27.2 Å². The van der Waals surface area contributed by atoms with Crippen LogP contribution in [0.5, 0.6) is 0 Å². The molecule has 1 heteroatoms. The molecular formula is C9H12O. The molecule has 2 rings (SSSR count). The molecule has 0 radical (unpaired) electrons. The molecule has 0 aromatic carbocycles. The summed E-state index contributed by atoms with van der Waals surface area (Å²) in [5.41, 5.74) is 2.42. The molecule has 10 heavy (non-hydrogen) atoms. The summed E-state index contributed by atoms with van der Waals surface area (Å²) in [6, 6.07) is 0. The predicted octanol–water partition coefficient (Wildman–Crippen LogP) is 1.93. The average molecular weight is 136 g/mol. The Kier molecular flexibility index (Phi) is 0.837. The Morgan fingerprint density at radius 1 is 1.50 bits per heavy atom. The Morgan fingerprint density at radius 3 is 2.30 bits per heavy atom. The number of ketones is 1. The summed E-state index contributed by atoms with van der Waals surface area (Å²) in [7, 11) is 0. The van der Waals surface area contributed by atoms with Crippen molar-refractivity contribution in [1.29, 1.82) is 0 Å². The van der Waals surface area contributed by atoms with Gasteiger partial charge in [-0.2, -0.15) is 0 Å². The van der Waals surface area contributed by atoms with Crippen molar-refractivity contribution in [3.8, 4) is 0 Å². The van der Waals surface area contributed by atoms with Gasteiger partial charge < -0.3 is 0 Å². The summed E-state index contributed by atoms with van der Waals surface area (Å²) in [5, 5.41) is 0. The zero-order valence-corrected chi connectivity index (χ0v) is 6.69.